The third-order valence-electron chi connectivity index (χ3n) is 5.02. The molecule has 1 aromatic heterocycles. The molecule has 0 spiro atoms. The van der Waals surface area contributed by atoms with Gasteiger partial charge in [0.15, 0.2) is 5.78 Å². The first-order chi connectivity index (χ1) is 16.4. The lowest BCUT2D eigenvalue weighted by atomic mass is 10.1. The van der Waals surface area contributed by atoms with E-state index in [0.717, 1.165) is 11.4 Å². The van der Waals surface area contributed by atoms with Gasteiger partial charge in [0.2, 0.25) is 0 Å². The van der Waals surface area contributed by atoms with Crippen molar-refractivity contribution in [1.82, 2.24) is 20.3 Å². The molecular formula is C24H37N5O4S. The van der Waals surface area contributed by atoms with Crippen molar-refractivity contribution in [2.45, 2.75) is 46.7 Å². The van der Waals surface area contributed by atoms with Gasteiger partial charge in [0.1, 0.15) is 12.3 Å². The predicted molar refractivity (Wildman–Crippen MR) is 135 cm³/mol. The number of carbonyl (C=O) groups excluding carboxylic acids is 2. The normalized spacial score (nSPS) is 11.1. The molecule has 0 saturated heterocycles. The molecule has 1 heterocycles. The molecule has 34 heavy (non-hydrogen) atoms. The summed E-state index contributed by atoms with van der Waals surface area (Å²) in [5.41, 5.74) is 2.35. The summed E-state index contributed by atoms with van der Waals surface area (Å²) in [5, 5.41) is 11.0. The number of ketones is 1. The Morgan fingerprint density at radius 2 is 1.88 bits per heavy atom. The van der Waals surface area contributed by atoms with E-state index in [2.05, 4.69) is 26.9 Å². The van der Waals surface area contributed by atoms with Gasteiger partial charge in [-0.15, -0.1) is 5.10 Å². The van der Waals surface area contributed by atoms with E-state index in [0.29, 0.717) is 44.2 Å². The van der Waals surface area contributed by atoms with Gasteiger partial charge in [-0.25, -0.2) is 4.68 Å². The third kappa shape index (κ3) is 10.2. The monoisotopic (exact) mass is 491 g/mol. The first-order valence-corrected chi connectivity index (χ1v) is 12.7. The third-order valence-corrected chi connectivity index (χ3v) is 6.09. The lowest BCUT2D eigenvalue weighted by Gasteiger charge is -2.17. The average molecular weight is 492 g/mol. The number of anilines is 1. The van der Waals surface area contributed by atoms with E-state index in [1.807, 2.05) is 45.2 Å². The molecule has 188 valence electrons. The number of aromatic nitrogens is 3. The molecule has 0 aliphatic rings. The van der Waals surface area contributed by atoms with Gasteiger partial charge in [0.05, 0.1) is 39.1 Å². The Hall–Kier alpha value is -2.43. The fraction of sp³-hybridized carbons (Fsp3) is 0.583. The van der Waals surface area contributed by atoms with Crippen LogP contribution >= 0.6 is 11.9 Å². The maximum absolute atomic E-state index is 12.5. The van der Waals surface area contributed by atoms with Crippen molar-refractivity contribution in [3.05, 3.63) is 41.7 Å². The van der Waals surface area contributed by atoms with E-state index >= 15 is 0 Å². The molecule has 0 aliphatic carbocycles. The summed E-state index contributed by atoms with van der Waals surface area (Å²) in [5.74, 6) is 1.00. The number of hydrogen-bond acceptors (Lipinski definition) is 8. The average Bonchev–Trinajstić information content (AvgIpc) is 3.29. The molecule has 0 aliphatic heterocycles. The molecule has 0 saturated carbocycles. The lowest BCUT2D eigenvalue weighted by molar-refractivity contribution is -0.127. The number of hydrogen-bond donors (Lipinski definition) is 1. The molecular weight excluding hydrogens is 454 g/mol. The summed E-state index contributed by atoms with van der Waals surface area (Å²) in [6.45, 7) is 8.09. The van der Waals surface area contributed by atoms with Crippen LogP contribution in [0.15, 0.2) is 30.5 Å². The zero-order chi connectivity index (χ0) is 24.8. The van der Waals surface area contributed by atoms with E-state index in [1.165, 1.54) is 12.8 Å². The van der Waals surface area contributed by atoms with Gasteiger partial charge in [-0.3, -0.25) is 9.59 Å². The first-order valence-electron chi connectivity index (χ1n) is 11.7. The van der Waals surface area contributed by atoms with Crippen LogP contribution in [0.3, 0.4) is 0 Å². The van der Waals surface area contributed by atoms with E-state index in [9.17, 15) is 9.59 Å². The number of nitrogens with zero attached hydrogens (tertiary/aromatic N) is 4. The molecule has 0 atom stereocenters. The fourth-order valence-corrected chi connectivity index (χ4v) is 3.72. The van der Waals surface area contributed by atoms with E-state index < -0.39 is 0 Å². The quantitative estimate of drug-likeness (QED) is 0.266. The number of rotatable bonds is 17. The van der Waals surface area contributed by atoms with Gasteiger partial charge < -0.3 is 19.1 Å². The molecule has 10 heteroatoms. The van der Waals surface area contributed by atoms with Gasteiger partial charge in [-0.1, -0.05) is 44.4 Å². The summed E-state index contributed by atoms with van der Waals surface area (Å²) in [7, 11) is 2.04. The molecule has 1 amide bonds. The number of ether oxygens (including phenoxy) is 2. The zero-order valence-corrected chi connectivity index (χ0v) is 21.5. The highest BCUT2D eigenvalue weighted by atomic mass is 32.2. The molecule has 2 aromatic rings. The second-order valence-corrected chi connectivity index (χ2v) is 9.39. The molecule has 0 bridgehead atoms. The zero-order valence-electron chi connectivity index (χ0n) is 20.7. The Morgan fingerprint density at radius 1 is 1.15 bits per heavy atom. The molecule has 2 rings (SSSR count). The SMILES string of the molecule is CCCCSN(C)c1ccc(C(=O)NCc2cn(CCOCCOCC(=O)C(C)C)nn2)cc1. The molecule has 0 unspecified atom stereocenters. The largest absolute Gasteiger partial charge is 0.377 e. The van der Waals surface area contributed by atoms with Crippen LogP contribution in [-0.4, -0.2) is 65.9 Å². The molecule has 0 fully saturated rings. The van der Waals surface area contributed by atoms with Crippen LogP contribution in [0.1, 0.15) is 49.7 Å². The van der Waals surface area contributed by atoms with Crippen molar-refractivity contribution in [3.63, 3.8) is 0 Å². The van der Waals surface area contributed by atoms with Crippen LogP contribution in [0, 0.1) is 5.92 Å². The Labute approximate surface area is 206 Å². The summed E-state index contributed by atoms with van der Waals surface area (Å²) in [4.78, 5) is 23.9. The molecule has 1 aromatic carbocycles. The van der Waals surface area contributed by atoms with Crippen molar-refractivity contribution >= 4 is 29.3 Å². The highest BCUT2D eigenvalue weighted by Gasteiger charge is 2.09. The fourth-order valence-electron chi connectivity index (χ4n) is 2.76. The highest BCUT2D eigenvalue weighted by Crippen LogP contribution is 2.21. The van der Waals surface area contributed by atoms with Gasteiger partial charge in [0, 0.05) is 30.0 Å². The number of carbonyl (C=O) groups is 2. The van der Waals surface area contributed by atoms with Crippen molar-refractivity contribution in [1.29, 1.82) is 0 Å². The van der Waals surface area contributed by atoms with Crippen LogP contribution in [0.25, 0.3) is 0 Å². The maximum atomic E-state index is 12.5. The Kier molecular flexibility index (Phi) is 12.7. The summed E-state index contributed by atoms with van der Waals surface area (Å²) in [6, 6.07) is 7.57. The van der Waals surface area contributed by atoms with Crippen LogP contribution in [0.4, 0.5) is 5.69 Å². The lowest BCUT2D eigenvalue weighted by Crippen LogP contribution is -2.23. The number of Topliss-reactive ketones (excluding diaryl/α,β-unsaturated/α-hetero) is 1. The number of unbranched alkanes of at least 4 members (excludes halogenated alkanes) is 1. The van der Waals surface area contributed by atoms with E-state index in [4.69, 9.17) is 9.47 Å². The van der Waals surface area contributed by atoms with Gasteiger partial charge in [-0.2, -0.15) is 0 Å². The number of benzene rings is 1. The molecule has 9 nitrogen and oxygen atoms in total. The Morgan fingerprint density at radius 3 is 2.59 bits per heavy atom. The maximum Gasteiger partial charge on any atom is 0.251 e. The summed E-state index contributed by atoms with van der Waals surface area (Å²) >= 11 is 1.78. The van der Waals surface area contributed by atoms with E-state index in [1.54, 1.807) is 22.8 Å². The number of amides is 1. The van der Waals surface area contributed by atoms with Crippen molar-refractivity contribution in [3.8, 4) is 0 Å². The second-order valence-electron chi connectivity index (χ2n) is 8.17. The van der Waals surface area contributed by atoms with Crippen LogP contribution in [-0.2, 0) is 27.4 Å². The Balaban J connectivity index is 1.64. The summed E-state index contributed by atoms with van der Waals surface area (Å²) in [6.07, 6.45) is 4.15. The van der Waals surface area contributed by atoms with Gasteiger partial charge in [0.25, 0.3) is 5.91 Å². The van der Waals surface area contributed by atoms with Crippen LogP contribution in [0.2, 0.25) is 0 Å². The van der Waals surface area contributed by atoms with Crippen LogP contribution in [0.5, 0.6) is 0 Å². The smallest absolute Gasteiger partial charge is 0.251 e. The molecule has 1 N–H and O–H groups in total. The van der Waals surface area contributed by atoms with E-state index in [-0.39, 0.29) is 24.2 Å². The van der Waals surface area contributed by atoms with Gasteiger partial charge >= 0.3 is 0 Å². The topological polar surface area (TPSA) is 98.6 Å². The number of nitrogens with one attached hydrogen (secondary N) is 1. The van der Waals surface area contributed by atoms with Crippen molar-refractivity contribution in [2.75, 3.05) is 43.5 Å². The first kappa shape index (κ1) is 27.8. The second kappa shape index (κ2) is 15.5. The minimum absolute atomic E-state index is 0.0148. The van der Waals surface area contributed by atoms with Gasteiger partial charge in [-0.05, 0) is 30.7 Å². The van der Waals surface area contributed by atoms with Crippen LogP contribution < -0.4 is 9.62 Å². The minimum atomic E-state index is -0.151. The molecule has 0 radical (unpaired) electrons. The van der Waals surface area contributed by atoms with Crippen molar-refractivity contribution < 1.29 is 19.1 Å². The standard InChI is InChI=1S/C24H37N5O4S/c1-5-6-15-34-28(4)22-9-7-20(8-10-22)24(31)25-16-21-17-29(27-26-21)11-12-32-13-14-33-18-23(30)19(2)3/h7-10,17,19H,5-6,11-16,18H2,1-4H3,(H,25,31). The van der Waals surface area contributed by atoms with Crippen molar-refractivity contribution in [2.24, 2.45) is 5.92 Å². The highest BCUT2D eigenvalue weighted by molar-refractivity contribution is 8.00. The summed E-state index contributed by atoms with van der Waals surface area (Å²) < 4.78 is 14.6. The predicted octanol–water partition coefficient (Wildman–Crippen LogP) is 3.35. The minimum Gasteiger partial charge on any atom is -0.377 e. The Bertz CT molecular complexity index is 873.